The Labute approximate surface area is 94.3 Å². The third-order valence-corrected chi connectivity index (χ3v) is 2.98. The van der Waals surface area contributed by atoms with Crippen LogP contribution in [0.1, 0.15) is 48.0 Å². The van der Waals surface area contributed by atoms with Gasteiger partial charge in [-0.05, 0) is 11.8 Å². The van der Waals surface area contributed by atoms with E-state index in [0.717, 1.165) is 13.0 Å². The van der Waals surface area contributed by atoms with Crippen LogP contribution in [-0.2, 0) is 9.47 Å². The van der Waals surface area contributed by atoms with E-state index in [-0.39, 0.29) is 11.7 Å². The van der Waals surface area contributed by atoms with Gasteiger partial charge >= 0.3 is 0 Å². The molecule has 0 radical (unpaired) electrons. The second-order valence-corrected chi connectivity index (χ2v) is 6.16. The zero-order valence-corrected chi connectivity index (χ0v) is 11.0. The molecule has 1 aliphatic rings. The lowest BCUT2D eigenvalue weighted by Crippen LogP contribution is -2.48. The summed E-state index contributed by atoms with van der Waals surface area (Å²) in [6.07, 6.45) is 1.32. The lowest BCUT2D eigenvalue weighted by molar-refractivity contribution is -0.273. The molecule has 1 aliphatic heterocycles. The Bertz CT molecular complexity index is 197. The zero-order chi connectivity index (χ0) is 11.6. The largest absolute Gasteiger partial charge is 0.352 e. The van der Waals surface area contributed by atoms with Gasteiger partial charge in [-0.1, -0.05) is 41.5 Å². The van der Waals surface area contributed by atoms with Crippen LogP contribution < -0.4 is 0 Å². The van der Waals surface area contributed by atoms with Crippen molar-refractivity contribution in [2.75, 3.05) is 6.61 Å². The first-order valence-electron chi connectivity index (χ1n) is 6.10. The Morgan fingerprint density at radius 1 is 1.20 bits per heavy atom. The molecule has 0 amide bonds. The predicted octanol–water partition coefficient (Wildman–Crippen LogP) is 3.46. The Morgan fingerprint density at radius 2 is 1.80 bits per heavy atom. The highest BCUT2D eigenvalue weighted by Gasteiger charge is 2.39. The summed E-state index contributed by atoms with van der Waals surface area (Å²) in [6, 6.07) is 0. The average Bonchev–Trinajstić information content (AvgIpc) is 2.06. The van der Waals surface area contributed by atoms with Gasteiger partial charge in [0.2, 0.25) is 0 Å². The van der Waals surface area contributed by atoms with Gasteiger partial charge in [-0.3, -0.25) is 0 Å². The smallest absolute Gasteiger partial charge is 0.158 e. The highest BCUT2D eigenvalue weighted by molar-refractivity contribution is 4.84. The Kier molecular flexibility index (Phi) is 4.19. The van der Waals surface area contributed by atoms with Crippen molar-refractivity contribution in [1.29, 1.82) is 0 Å². The molecule has 1 rings (SSSR count). The molecule has 2 atom stereocenters. The molecule has 0 N–H and O–H groups in total. The molecule has 0 saturated carbocycles. The van der Waals surface area contributed by atoms with Gasteiger partial charge in [-0.2, -0.15) is 0 Å². The van der Waals surface area contributed by atoms with Crippen molar-refractivity contribution < 1.29 is 9.47 Å². The number of ether oxygens (including phenoxy) is 2. The molecule has 0 aliphatic carbocycles. The summed E-state index contributed by atoms with van der Waals surface area (Å²) < 4.78 is 11.8. The molecule has 0 spiro atoms. The molecule has 0 aromatic carbocycles. The normalized spacial score (nSPS) is 31.2. The maximum atomic E-state index is 6.05. The molecule has 90 valence electrons. The van der Waals surface area contributed by atoms with Crippen molar-refractivity contribution in [2.24, 2.45) is 17.3 Å². The average molecular weight is 214 g/mol. The molecule has 1 fully saturated rings. The summed E-state index contributed by atoms with van der Waals surface area (Å²) in [5, 5.41) is 0. The van der Waals surface area contributed by atoms with Crippen LogP contribution in [0.5, 0.6) is 0 Å². The molecule has 1 saturated heterocycles. The molecule has 1 heterocycles. The molecule has 2 heteroatoms. The van der Waals surface area contributed by atoms with Gasteiger partial charge in [0.1, 0.15) is 0 Å². The van der Waals surface area contributed by atoms with Crippen molar-refractivity contribution in [3.05, 3.63) is 0 Å². The van der Waals surface area contributed by atoms with Crippen molar-refractivity contribution in [3.63, 3.8) is 0 Å². The Balaban J connectivity index is 2.58. The topological polar surface area (TPSA) is 18.5 Å². The van der Waals surface area contributed by atoms with Crippen LogP contribution >= 0.6 is 0 Å². The quantitative estimate of drug-likeness (QED) is 0.716. The van der Waals surface area contributed by atoms with Crippen molar-refractivity contribution in [1.82, 2.24) is 0 Å². The minimum atomic E-state index is 0.00502. The molecule has 0 aromatic rings. The molecule has 0 bridgehead atoms. The summed E-state index contributed by atoms with van der Waals surface area (Å²) in [5.41, 5.74) is 0.141. The highest BCUT2D eigenvalue weighted by atomic mass is 16.7. The fourth-order valence-corrected chi connectivity index (χ4v) is 2.34. The van der Waals surface area contributed by atoms with Crippen LogP contribution in [0.3, 0.4) is 0 Å². The molecular weight excluding hydrogens is 188 g/mol. The van der Waals surface area contributed by atoms with Crippen molar-refractivity contribution in [3.8, 4) is 0 Å². The minimum absolute atomic E-state index is 0.00502. The molecule has 0 aromatic heterocycles. The second kappa shape index (κ2) is 4.84. The van der Waals surface area contributed by atoms with E-state index in [9.17, 15) is 0 Å². The standard InChI is InChI=1S/C13H26O2/c1-9(2)7-11-14-8-13(5,6)12(15-11)10(3)4/h9-12H,7-8H2,1-6H3/t11-,12+/m1/s1. The maximum Gasteiger partial charge on any atom is 0.158 e. The SMILES string of the molecule is CC(C)C[C@@H]1OCC(C)(C)[C@H](C(C)C)O1. The Morgan fingerprint density at radius 3 is 2.27 bits per heavy atom. The van der Waals surface area contributed by atoms with Crippen LogP contribution in [0.4, 0.5) is 0 Å². The molecule has 15 heavy (non-hydrogen) atoms. The fraction of sp³-hybridized carbons (Fsp3) is 1.00. The number of rotatable bonds is 3. The first kappa shape index (κ1) is 13.0. The summed E-state index contributed by atoms with van der Waals surface area (Å²) in [7, 11) is 0. The van der Waals surface area contributed by atoms with Crippen LogP contribution in [0.2, 0.25) is 0 Å². The molecule has 0 unspecified atom stereocenters. The predicted molar refractivity (Wildman–Crippen MR) is 62.7 cm³/mol. The van der Waals surface area contributed by atoms with Crippen LogP contribution in [0.25, 0.3) is 0 Å². The van der Waals surface area contributed by atoms with E-state index in [4.69, 9.17) is 9.47 Å². The Hall–Kier alpha value is -0.0800. The van der Waals surface area contributed by atoms with Crippen molar-refractivity contribution in [2.45, 2.75) is 60.4 Å². The van der Waals surface area contributed by atoms with Gasteiger partial charge in [-0.25, -0.2) is 0 Å². The van der Waals surface area contributed by atoms with E-state index in [1.165, 1.54) is 0 Å². The summed E-state index contributed by atoms with van der Waals surface area (Å²) in [4.78, 5) is 0. The summed E-state index contributed by atoms with van der Waals surface area (Å²) >= 11 is 0. The van der Waals surface area contributed by atoms with Crippen molar-refractivity contribution >= 4 is 0 Å². The lowest BCUT2D eigenvalue weighted by Gasteiger charge is -2.44. The van der Waals surface area contributed by atoms with E-state index in [0.29, 0.717) is 17.9 Å². The van der Waals surface area contributed by atoms with E-state index >= 15 is 0 Å². The molecular formula is C13H26O2. The summed E-state index contributed by atoms with van der Waals surface area (Å²) in [5.74, 6) is 1.18. The van der Waals surface area contributed by atoms with E-state index < -0.39 is 0 Å². The van der Waals surface area contributed by atoms with Gasteiger partial charge < -0.3 is 9.47 Å². The second-order valence-electron chi connectivity index (χ2n) is 6.16. The number of hydrogen-bond donors (Lipinski definition) is 0. The van der Waals surface area contributed by atoms with E-state index in [1.807, 2.05) is 0 Å². The van der Waals surface area contributed by atoms with Gasteiger partial charge in [0.05, 0.1) is 12.7 Å². The first-order chi connectivity index (χ1) is 6.83. The lowest BCUT2D eigenvalue weighted by atomic mass is 9.80. The zero-order valence-electron chi connectivity index (χ0n) is 11.0. The van der Waals surface area contributed by atoms with Gasteiger partial charge in [0.15, 0.2) is 6.29 Å². The third kappa shape index (κ3) is 3.46. The van der Waals surface area contributed by atoms with Crippen LogP contribution in [0, 0.1) is 17.3 Å². The van der Waals surface area contributed by atoms with Gasteiger partial charge in [-0.15, -0.1) is 0 Å². The van der Waals surface area contributed by atoms with Gasteiger partial charge in [0, 0.05) is 11.8 Å². The minimum Gasteiger partial charge on any atom is -0.352 e. The third-order valence-electron chi connectivity index (χ3n) is 2.98. The fourth-order valence-electron chi connectivity index (χ4n) is 2.34. The van der Waals surface area contributed by atoms with Gasteiger partial charge in [0.25, 0.3) is 0 Å². The first-order valence-corrected chi connectivity index (χ1v) is 6.10. The highest BCUT2D eigenvalue weighted by Crippen LogP contribution is 2.35. The van der Waals surface area contributed by atoms with E-state index in [1.54, 1.807) is 0 Å². The monoisotopic (exact) mass is 214 g/mol. The van der Waals surface area contributed by atoms with Crippen LogP contribution in [0.15, 0.2) is 0 Å². The maximum absolute atomic E-state index is 6.05. The number of hydrogen-bond acceptors (Lipinski definition) is 2. The summed E-state index contributed by atoms with van der Waals surface area (Å²) in [6.45, 7) is 14.1. The molecule has 2 nitrogen and oxygen atoms in total. The van der Waals surface area contributed by atoms with E-state index in [2.05, 4.69) is 41.5 Å². The van der Waals surface area contributed by atoms with Crippen LogP contribution in [-0.4, -0.2) is 19.0 Å².